The molecule has 2 aromatic rings. The molecule has 98 valence electrons. The van der Waals surface area contributed by atoms with Crippen molar-refractivity contribution in [3.63, 3.8) is 0 Å². The van der Waals surface area contributed by atoms with Gasteiger partial charge in [-0.05, 0) is 30.3 Å². The Bertz CT molecular complexity index is 625. The van der Waals surface area contributed by atoms with Crippen LogP contribution >= 0.6 is 11.6 Å². The van der Waals surface area contributed by atoms with Gasteiger partial charge in [-0.3, -0.25) is 9.78 Å². The van der Waals surface area contributed by atoms with Crippen LogP contribution in [0.1, 0.15) is 6.92 Å². The summed E-state index contributed by atoms with van der Waals surface area (Å²) in [5.74, 6) is 0.266. The lowest BCUT2D eigenvalue weighted by Gasteiger charge is -2.05. The van der Waals surface area contributed by atoms with Crippen molar-refractivity contribution in [2.45, 2.75) is 6.92 Å². The maximum Gasteiger partial charge on any atom is 0.302 e. The zero-order valence-electron chi connectivity index (χ0n) is 10.3. The van der Waals surface area contributed by atoms with E-state index in [1.807, 2.05) is 12.1 Å². The number of hydrogen-bond acceptors (Lipinski definition) is 4. The first kappa shape index (κ1) is 13.4. The number of nitrogens with zero attached hydrogens (tertiary/aromatic N) is 1. The molecule has 0 saturated heterocycles. The van der Waals surface area contributed by atoms with Gasteiger partial charge < -0.3 is 9.47 Å². The molecule has 0 fully saturated rings. The Morgan fingerprint density at radius 2 is 2.26 bits per heavy atom. The Morgan fingerprint density at radius 1 is 1.42 bits per heavy atom. The fourth-order valence-electron chi connectivity index (χ4n) is 1.53. The van der Waals surface area contributed by atoms with Crippen molar-refractivity contribution < 1.29 is 14.3 Å². The third-order valence-electron chi connectivity index (χ3n) is 2.35. The third-order valence-corrected chi connectivity index (χ3v) is 2.68. The minimum atomic E-state index is -0.330. The van der Waals surface area contributed by atoms with Crippen molar-refractivity contribution in [2.75, 3.05) is 6.61 Å². The molecule has 0 aliphatic rings. The normalized spacial score (nSPS) is 10.8. The molecule has 0 radical (unpaired) electrons. The van der Waals surface area contributed by atoms with Gasteiger partial charge in [0.25, 0.3) is 0 Å². The molecular weight excluding hydrogens is 266 g/mol. The smallest absolute Gasteiger partial charge is 0.302 e. The maximum absolute atomic E-state index is 10.6. The van der Waals surface area contributed by atoms with Crippen LogP contribution in [0.25, 0.3) is 10.9 Å². The Kier molecular flexibility index (Phi) is 4.36. The quantitative estimate of drug-likeness (QED) is 0.635. The molecule has 1 aromatic carbocycles. The predicted octanol–water partition coefficient (Wildman–Crippen LogP) is 3.34. The molecule has 0 N–H and O–H groups in total. The monoisotopic (exact) mass is 277 g/mol. The van der Waals surface area contributed by atoms with E-state index in [9.17, 15) is 4.79 Å². The van der Waals surface area contributed by atoms with Crippen LogP contribution in [-0.4, -0.2) is 17.6 Å². The van der Waals surface area contributed by atoms with Crippen molar-refractivity contribution in [2.24, 2.45) is 0 Å². The fraction of sp³-hybridized carbons (Fsp3) is 0.143. The number of carbonyl (C=O) groups excluding carboxylic acids is 1. The number of halogens is 1. The number of carbonyl (C=O) groups is 1. The Labute approximate surface area is 115 Å². The molecule has 0 amide bonds. The van der Waals surface area contributed by atoms with E-state index in [-0.39, 0.29) is 12.6 Å². The molecule has 0 unspecified atom stereocenters. The average molecular weight is 278 g/mol. The fourth-order valence-corrected chi connectivity index (χ4v) is 1.75. The first-order valence-corrected chi connectivity index (χ1v) is 6.04. The highest BCUT2D eigenvalue weighted by molar-refractivity contribution is 6.35. The number of fused-ring (bicyclic) bond motifs is 1. The van der Waals surface area contributed by atoms with Gasteiger partial charge in [0, 0.05) is 18.5 Å². The van der Waals surface area contributed by atoms with E-state index in [0.29, 0.717) is 16.3 Å². The van der Waals surface area contributed by atoms with E-state index in [1.54, 1.807) is 24.4 Å². The first-order valence-electron chi connectivity index (χ1n) is 5.67. The zero-order chi connectivity index (χ0) is 13.7. The van der Waals surface area contributed by atoms with Gasteiger partial charge in [0.15, 0.2) is 5.75 Å². The summed E-state index contributed by atoms with van der Waals surface area (Å²) in [5.41, 5.74) is 0.687. The standard InChI is InChI=1S/C14H12ClNO3/c1-10(17)18-8-3-9-19-13-6-5-12(15)11-4-2-7-16-14(11)13/h2-7,9H,8H2,1H3/b9-3+. The largest absolute Gasteiger partial charge is 0.463 e. The maximum atomic E-state index is 10.6. The number of pyridine rings is 1. The highest BCUT2D eigenvalue weighted by Crippen LogP contribution is 2.29. The third kappa shape index (κ3) is 3.45. The van der Waals surface area contributed by atoms with Crippen LogP contribution in [0.5, 0.6) is 5.75 Å². The minimum Gasteiger partial charge on any atom is -0.463 e. The average Bonchev–Trinajstić information content (AvgIpc) is 2.41. The van der Waals surface area contributed by atoms with Crippen LogP contribution in [0.15, 0.2) is 42.8 Å². The number of hydrogen-bond donors (Lipinski definition) is 0. The summed E-state index contributed by atoms with van der Waals surface area (Å²) in [7, 11) is 0. The molecule has 5 heteroatoms. The highest BCUT2D eigenvalue weighted by atomic mass is 35.5. The SMILES string of the molecule is CC(=O)OC/C=C/Oc1ccc(Cl)c2cccnc12. The molecule has 4 nitrogen and oxygen atoms in total. The second kappa shape index (κ2) is 6.20. The summed E-state index contributed by atoms with van der Waals surface area (Å²) in [6.45, 7) is 1.53. The number of ether oxygens (including phenoxy) is 2. The van der Waals surface area contributed by atoms with Crippen LogP contribution in [0.2, 0.25) is 5.02 Å². The molecule has 1 aromatic heterocycles. The van der Waals surface area contributed by atoms with E-state index in [4.69, 9.17) is 21.1 Å². The summed E-state index contributed by atoms with van der Waals surface area (Å²) in [6.07, 6.45) is 4.74. The molecular formula is C14H12ClNO3. The molecule has 0 saturated carbocycles. The number of esters is 1. The van der Waals surface area contributed by atoms with Crippen LogP contribution in [0.4, 0.5) is 0 Å². The summed E-state index contributed by atoms with van der Waals surface area (Å²) >= 11 is 6.08. The minimum absolute atomic E-state index is 0.175. The molecule has 19 heavy (non-hydrogen) atoms. The molecule has 0 bridgehead atoms. The number of benzene rings is 1. The van der Waals surface area contributed by atoms with Gasteiger partial charge in [-0.1, -0.05) is 11.6 Å². The topological polar surface area (TPSA) is 48.4 Å². The van der Waals surface area contributed by atoms with Crippen molar-refractivity contribution >= 4 is 28.5 Å². The lowest BCUT2D eigenvalue weighted by molar-refractivity contribution is -0.139. The van der Waals surface area contributed by atoms with Crippen molar-refractivity contribution in [3.05, 3.63) is 47.8 Å². The second-order valence-electron chi connectivity index (χ2n) is 3.74. The lowest BCUT2D eigenvalue weighted by atomic mass is 10.2. The molecule has 0 aliphatic carbocycles. The Balaban J connectivity index is 2.13. The molecule has 2 rings (SSSR count). The van der Waals surface area contributed by atoms with Crippen molar-refractivity contribution in [1.29, 1.82) is 0 Å². The lowest BCUT2D eigenvalue weighted by Crippen LogP contribution is -1.98. The van der Waals surface area contributed by atoms with E-state index >= 15 is 0 Å². The highest BCUT2D eigenvalue weighted by Gasteiger charge is 2.05. The number of rotatable bonds is 4. The van der Waals surface area contributed by atoms with Crippen LogP contribution < -0.4 is 4.74 Å². The van der Waals surface area contributed by atoms with Gasteiger partial charge in [0.1, 0.15) is 12.1 Å². The van der Waals surface area contributed by atoms with Gasteiger partial charge in [-0.25, -0.2) is 0 Å². The molecule has 0 spiro atoms. The Hall–Kier alpha value is -2.07. The van der Waals surface area contributed by atoms with E-state index in [0.717, 1.165) is 5.39 Å². The van der Waals surface area contributed by atoms with E-state index in [2.05, 4.69) is 4.98 Å². The predicted molar refractivity (Wildman–Crippen MR) is 73.2 cm³/mol. The van der Waals surface area contributed by atoms with Crippen LogP contribution in [-0.2, 0) is 9.53 Å². The van der Waals surface area contributed by atoms with Gasteiger partial charge in [-0.15, -0.1) is 0 Å². The first-order chi connectivity index (χ1) is 9.18. The summed E-state index contributed by atoms with van der Waals surface area (Å²) < 4.78 is 10.2. The number of aromatic nitrogens is 1. The van der Waals surface area contributed by atoms with Gasteiger partial charge in [0.05, 0.1) is 11.3 Å². The molecule has 1 heterocycles. The van der Waals surface area contributed by atoms with Gasteiger partial charge in [-0.2, -0.15) is 0 Å². The summed E-state index contributed by atoms with van der Waals surface area (Å²) in [6, 6.07) is 7.18. The van der Waals surface area contributed by atoms with Gasteiger partial charge in [0.2, 0.25) is 0 Å². The van der Waals surface area contributed by atoms with Crippen molar-refractivity contribution in [1.82, 2.24) is 4.98 Å². The van der Waals surface area contributed by atoms with E-state index < -0.39 is 0 Å². The van der Waals surface area contributed by atoms with Crippen LogP contribution in [0.3, 0.4) is 0 Å². The Morgan fingerprint density at radius 3 is 3.05 bits per heavy atom. The van der Waals surface area contributed by atoms with Crippen LogP contribution in [0, 0.1) is 0 Å². The molecule has 0 atom stereocenters. The zero-order valence-corrected chi connectivity index (χ0v) is 11.1. The van der Waals surface area contributed by atoms with Crippen molar-refractivity contribution in [3.8, 4) is 5.75 Å². The summed E-state index contributed by atoms with van der Waals surface area (Å²) in [5, 5.41) is 1.45. The van der Waals surface area contributed by atoms with E-state index in [1.165, 1.54) is 13.2 Å². The second-order valence-corrected chi connectivity index (χ2v) is 4.14. The van der Waals surface area contributed by atoms with Gasteiger partial charge >= 0.3 is 5.97 Å². The summed E-state index contributed by atoms with van der Waals surface area (Å²) in [4.78, 5) is 14.8. The molecule has 0 aliphatic heterocycles.